The number of carbonyl (C=O) groups excluding carboxylic acids is 1. The molecule has 1 aromatic heterocycles. The third-order valence-corrected chi connectivity index (χ3v) is 6.96. The third kappa shape index (κ3) is 4.89. The first-order chi connectivity index (χ1) is 13.4. The second-order valence-corrected chi connectivity index (χ2v) is 9.01. The van der Waals surface area contributed by atoms with Crippen molar-refractivity contribution in [3.05, 3.63) is 47.5 Å². The van der Waals surface area contributed by atoms with E-state index in [0.29, 0.717) is 19.4 Å². The highest BCUT2D eigenvalue weighted by molar-refractivity contribution is 7.89. The van der Waals surface area contributed by atoms with E-state index in [9.17, 15) is 17.6 Å². The number of nitrogens with one attached hydrogen (secondary N) is 1. The Kier molecular flexibility index (Phi) is 6.69. The molecule has 7 nitrogen and oxygen atoms in total. The largest absolute Gasteiger partial charge is 0.356 e. The molecule has 1 amide bonds. The SMILES string of the molecule is O=C(NCCCn1cccn1)C1CCN(S(=O)(=O)c2ccc(F)c(Cl)c2)CC1. The summed E-state index contributed by atoms with van der Waals surface area (Å²) in [6.45, 7) is 1.75. The zero-order valence-corrected chi connectivity index (χ0v) is 16.8. The lowest BCUT2D eigenvalue weighted by Crippen LogP contribution is -2.43. The van der Waals surface area contributed by atoms with Crippen molar-refractivity contribution in [1.82, 2.24) is 19.4 Å². The predicted octanol–water partition coefficient (Wildman–Crippen LogP) is 2.28. The van der Waals surface area contributed by atoms with Gasteiger partial charge >= 0.3 is 0 Å². The first-order valence-corrected chi connectivity index (χ1v) is 10.9. The van der Waals surface area contributed by atoms with Gasteiger partial charge in [-0.25, -0.2) is 12.8 Å². The van der Waals surface area contributed by atoms with Crippen LogP contribution < -0.4 is 5.32 Å². The number of rotatable bonds is 7. The van der Waals surface area contributed by atoms with E-state index in [1.807, 2.05) is 12.3 Å². The molecule has 0 atom stereocenters. The van der Waals surface area contributed by atoms with Crippen LogP contribution >= 0.6 is 11.6 Å². The molecule has 2 aromatic rings. The van der Waals surface area contributed by atoms with E-state index >= 15 is 0 Å². The lowest BCUT2D eigenvalue weighted by Gasteiger charge is -2.30. The maximum absolute atomic E-state index is 13.3. The summed E-state index contributed by atoms with van der Waals surface area (Å²) in [6.07, 6.45) is 5.23. The Morgan fingerprint density at radius 1 is 1.32 bits per heavy atom. The topological polar surface area (TPSA) is 84.3 Å². The van der Waals surface area contributed by atoms with Gasteiger partial charge in [-0.3, -0.25) is 9.48 Å². The highest BCUT2D eigenvalue weighted by Crippen LogP contribution is 2.26. The Morgan fingerprint density at radius 2 is 2.07 bits per heavy atom. The average molecular weight is 429 g/mol. The lowest BCUT2D eigenvalue weighted by molar-refractivity contribution is -0.126. The van der Waals surface area contributed by atoms with E-state index in [4.69, 9.17) is 11.6 Å². The predicted molar refractivity (Wildman–Crippen MR) is 103 cm³/mol. The second-order valence-electron chi connectivity index (χ2n) is 6.67. The van der Waals surface area contributed by atoms with Crippen LogP contribution in [0.4, 0.5) is 4.39 Å². The first kappa shape index (κ1) is 20.8. The van der Waals surface area contributed by atoms with Gasteiger partial charge in [-0.2, -0.15) is 9.40 Å². The van der Waals surface area contributed by atoms with Crippen LogP contribution in [0.2, 0.25) is 5.02 Å². The van der Waals surface area contributed by atoms with E-state index in [-0.39, 0.29) is 34.8 Å². The van der Waals surface area contributed by atoms with Crippen LogP contribution in [0.15, 0.2) is 41.6 Å². The number of hydrogen-bond acceptors (Lipinski definition) is 4. The average Bonchev–Trinajstić information content (AvgIpc) is 3.20. The van der Waals surface area contributed by atoms with E-state index in [1.165, 1.54) is 10.4 Å². The van der Waals surface area contributed by atoms with Gasteiger partial charge in [0.25, 0.3) is 0 Å². The molecule has 1 aliphatic heterocycles. The number of aromatic nitrogens is 2. The molecule has 0 spiro atoms. The second kappa shape index (κ2) is 9.02. The minimum atomic E-state index is -3.76. The number of hydrogen-bond donors (Lipinski definition) is 1. The summed E-state index contributed by atoms with van der Waals surface area (Å²) in [6, 6.07) is 5.21. The summed E-state index contributed by atoms with van der Waals surface area (Å²) in [4.78, 5) is 12.3. The van der Waals surface area contributed by atoms with Crippen LogP contribution in [0.25, 0.3) is 0 Å². The van der Waals surface area contributed by atoms with Crippen LogP contribution in [0.1, 0.15) is 19.3 Å². The number of carbonyl (C=O) groups is 1. The van der Waals surface area contributed by atoms with Gasteiger partial charge in [0.2, 0.25) is 15.9 Å². The molecule has 1 aromatic carbocycles. The Hall–Kier alpha value is -1.97. The molecule has 1 aliphatic rings. The molecule has 152 valence electrons. The van der Waals surface area contributed by atoms with Crippen LogP contribution in [-0.2, 0) is 21.4 Å². The van der Waals surface area contributed by atoms with Gasteiger partial charge in [0.15, 0.2) is 0 Å². The normalized spacial score (nSPS) is 16.2. The van der Waals surface area contributed by atoms with Gasteiger partial charge in [-0.05, 0) is 43.5 Å². The summed E-state index contributed by atoms with van der Waals surface area (Å²) in [5.41, 5.74) is 0. The highest BCUT2D eigenvalue weighted by Gasteiger charge is 2.32. The summed E-state index contributed by atoms with van der Waals surface area (Å²) in [5, 5.41) is 6.78. The molecule has 1 saturated heterocycles. The molecule has 1 N–H and O–H groups in total. The number of piperidine rings is 1. The molecule has 2 heterocycles. The third-order valence-electron chi connectivity index (χ3n) is 4.78. The Balaban J connectivity index is 1.47. The molecule has 0 radical (unpaired) electrons. The van der Waals surface area contributed by atoms with Crippen molar-refractivity contribution in [2.75, 3.05) is 19.6 Å². The summed E-state index contributed by atoms with van der Waals surface area (Å²) in [5.74, 6) is -0.932. The standard InChI is InChI=1S/C18H22ClFN4O3S/c19-16-13-15(3-4-17(16)20)28(26,27)24-11-5-14(6-12-24)18(25)21-7-1-9-23-10-2-8-22-23/h2-4,8,10,13-14H,1,5-7,9,11-12H2,(H,21,25). The number of amides is 1. The monoisotopic (exact) mass is 428 g/mol. The van der Waals surface area contributed by atoms with Crippen molar-refractivity contribution in [3.8, 4) is 0 Å². The van der Waals surface area contributed by atoms with Crippen molar-refractivity contribution in [2.24, 2.45) is 5.92 Å². The van der Waals surface area contributed by atoms with Gasteiger partial charge in [-0.1, -0.05) is 11.6 Å². The van der Waals surface area contributed by atoms with Crippen molar-refractivity contribution < 1.29 is 17.6 Å². The molecular weight excluding hydrogens is 407 g/mol. The number of nitrogens with zero attached hydrogens (tertiary/aromatic N) is 3. The fourth-order valence-electron chi connectivity index (χ4n) is 3.17. The molecule has 0 unspecified atom stereocenters. The molecule has 28 heavy (non-hydrogen) atoms. The summed E-state index contributed by atoms with van der Waals surface area (Å²) >= 11 is 5.70. The fourth-order valence-corrected chi connectivity index (χ4v) is 4.92. The lowest BCUT2D eigenvalue weighted by atomic mass is 9.97. The number of halogens is 2. The molecule has 3 rings (SSSR count). The fraction of sp³-hybridized carbons (Fsp3) is 0.444. The molecule has 0 aliphatic carbocycles. The van der Waals surface area contributed by atoms with Gasteiger partial charge in [0, 0.05) is 44.5 Å². The van der Waals surface area contributed by atoms with E-state index in [1.54, 1.807) is 10.9 Å². The van der Waals surface area contributed by atoms with Gasteiger partial charge in [0.1, 0.15) is 5.82 Å². The zero-order chi connectivity index (χ0) is 20.1. The quantitative estimate of drug-likeness (QED) is 0.686. The van der Waals surface area contributed by atoms with Crippen molar-refractivity contribution in [1.29, 1.82) is 0 Å². The Morgan fingerprint density at radius 3 is 2.71 bits per heavy atom. The minimum absolute atomic E-state index is 0.0413. The molecule has 0 saturated carbocycles. The van der Waals surface area contributed by atoms with Gasteiger partial charge in [0.05, 0.1) is 9.92 Å². The van der Waals surface area contributed by atoms with E-state index in [0.717, 1.165) is 25.1 Å². The van der Waals surface area contributed by atoms with Crippen LogP contribution in [-0.4, -0.2) is 48.0 Å². The minimum Gasteiger partial charge on any atom is -0.356 e. The first-order valence-electron chi connectivity index (χ1n) is 9.08. The maximum Gasteiger partial charge on any atom is 0.243 e. The molecular formula is C18H22ClFN4O3S. The number of sulfonamides is 1. The van der Waals surface area contributed by atoms with Crippen molar-refractivity contribution in [3.63, 3.8) is 0 Å². The van der Waals surface area contributed by atoms with Crippen LogP contribution in [0.3, 0.4) is 0 Å². The molecule has 1 fully saturated rings. The smallest absolute Gasteiger partial charge is 0.243 e. The highest BCUT2D eigenvalue weighted by atomic mass is 35.5. The maximum atomic E-state index is 13.3. The summed E-state index contributed by atoms with van der Waals surface area (Å²) in [7, 11) is -3.76. The zero-order valence-electron chi connectivity index (χ0n) is 15.2. The molecule has 10 heteroatoms. The van der Waals surface area contributed by atoms with Gasteiger partial charge in [-0.15, -0.1) is 0 Å². The summed E-state index contributed by atoms with van der Waals surface area (Å²) < 4.78 is 41.8. The van der Waals surface area contributed by atoms with Crippen LogP contribution in [0, 0.1) is 11.7 Å². The Labute approximate surface area is 168 Å². The van der Waals surface area contributed by atoms with Crippen LogP contribution in [0.5, 0.6) is 0 Å². The molecule has 0 bridgehead atoms. The van der Waals surface area contributed by atoms with E-state index < -0.39 is 15.8 Å². The van der Waals surface area contributed by atoms with E-state index in [2.05, 4.69) is 10.4 Å². The van der Waals surface area contributed by atoms with Crippen molar-refractivity contribution in [2.45, 2.75) is 30.7 Å². The number of aryl methyl sites for hydroxylation is 1. The Bertz CT molecular complexity index is 913. The van der Waals surface area contributed by atoms with Gasteiger partial charge < -0.3 is 5.32 Å². The number of benzene rings is 1. The van der Waals surface area contributed by atoms with Crippen molar-refractivity contribution >= 4 is 27.5 Å².